The van der Waals surface area contributed by atoms with Gasteiger partial charge >= 0.3 is 18.1 Å². The number of hydrogen-bond donors (Lipinski definition) is 4. The Morgan fingerprint density at radius 1 is 0.347 bits per heavy atom. The molecule has 0 spiro atoms. The SMILES string of the molecule is CC(C)(C)O[Si](O)(OC(C)(C)C)OC(C)(C)C.CC(C)(C)O[Si](O)(OC(C)(C)C)OC(C)(C)C.OC1CCCCC1.OC1CCCCC1.[Ti]. The van der Waals surface area contributed by atoms with Gasteiger partial charge in [-0.25, -0.2) is 0 Å². The molecule has 0 unspecified atom stereocenters. The molecule has 0 heterocycles. The molecular formula is C36H80O10Si2Ti. The van der Waals surface area contributed by atoms with Gasteiger partial charge in [-0.3, -0.25) is 0 Å². The molecule has 2 fully saturated rings. The standard InChI is InChI=1S/2C12H28O4Si.2C6H12O.Ti/c2*1-10(2,3)14-17(13,15-11(4,5)6)16-12(7,8)9;2*7-6-4-2-1-3-5-6;/h2*13H,1-9H3;2*6-7H,1-5H2;. The smallest absolute Gasteiger partial charge is 0.393 e. The van der Waals surface area contributed by atoms with Crippen LogP contribution in [-0.2, 0) is 48.3 Å². The van der Waals surface area contributed by atoms with Crippen molar-refractivity contribution >= 4 is 18.1 Å². The van der Waals surface area contributed by atoms with E-state index in [0.717, 1.165) is 25.7 Å². The molecule has 13 heteroatoms. The van der Waals surface area contributed by atoms with Crippen molar-refractivity contribution in [3.63, 3.8) is 0 Å². The van der Waals surface area contributed by atoms with Crippen LogP contribution in [0.4, 0.5) is 0 Å². The Hall–Kier alpha value is 0.748. The predicted molar refractivity (Wildman–Crippen MR) is 199 cm³/mol. The summed E-state index contributed by atoms with van der Waals surface area (Å²) in [5.74, 6) is 0. The molecule has 2 rings (SSSR count). The second-order valence-electron chi connectivity index (χ2n) is 18.9. The monoisotopic (exact) mass is 776 g/mol. The van der Waals surface area contributed by atoms with E-state index in [-0.39, 0.29) is 33.9 Å². The van der Waals surface area contributed by atoms with E-state index in [9.17, 15) is 9.59 Å². The van der Waals surface area contributed by atoms with Crippen LogP contribution in [0.5, 0.6) is 0 Å². The second-order valence-corrected chi connectivity index (χ2v) is 22.2. The van der Waals surface area contributed by atoms with Crippen molar-refractivity contribution in [3.05, 3.63) is 0 Å². The summed E-state index contributed by atoms with van der Waals surface area (Å²) < 4.78 is 33.8. The summed E-state index contributed by atoms with van der Waals surface area (Å²) in [7, 11) is -7.31. The third-order valence-electron chi connectivity index (χ3n) is 5.76. The summed E-state index contributed by atoms with van der Waals surface area (Å²) in [6, 6.07) is 0. The first-order chi connectivity index (χ1) is 21.0. The molecule has 0 saturated heterocycles. The molecule has 2 aliphatic carbocycles. The van der Waals surface area contributed by atoms with Gasteiger partial charge in [0.15, 0.2) is 0 Å². The second kappa shape index (κ2) is 22.2. The van der Waals surface area contributed by atoms with Crippen molar-refractivity contribution < 1.29 is 68.1 Å². The van der Waals surface area contributed by atoms with Gasteiger partial charge in [0.05, 0.1) is 45.8 Å². The van der Waals surface area contributed by atoms with Crippen molar-refractivity contribution in [2.45, 2.75) is 235 Å². The minimum atomic E-state index is -3.66. The molecule has 0 radical (unpaired) electrons. The van der Waals surface area contributed by atoms with Gasteiger partial charge in [0, 0.05) is 21.7 Å². The summed E-state index contributed by atoms with van der Waals surface area (Å²) in [6.45, 7) is 33.6. The maximum atomic E-state index is 10.5. The van der Waals surface area contributed by atoms with Gasteiger partial charge in [-0.15, -0.1) is 0 Å². The van der Waals surface area contributed by atoms with Gasteiger partial charge in [0.2, 0.25) is 0 Å². The molecule has 49 heavy (non-hydrogen) atoms. The Kier molecular flexibility index (Phi) is 24.5. The third kappa shape index (κ3) is 38.3. The average molecular weight is 777 g/mol. The van der Waals surface area contributed by atoms with E-state index in [1.807, 2.05) is 125 Å². The Bertz CT molecular complexity index is 687. The minimum Gasteiger partial charge on any atom is -0.393 e. The van der Waals surface area contributed by atoms with E-state index < -0.39 is 51.7 Å². The van der Waals surface area contributed by atoms with Gasteiger partial charge in [-0.1, -0.05) is 38.5 Å². The normalized spacial score (nSPS) is 17.8. The fourth-order valence-corrected chi connectivity index (χ4v) is 9.50. The van der Waals surface area contributed by atoms with Crippen molar-refractivity contribution in [1.29, 1.82) is 0 Å². The number of hydrogen-bond acceptors (Lipinski definition) is 10. The van der Waals surface area contributed by atoms with Gasteiger partial charge in [0.1, 0.15) is 0 Å². The molecule has 0 aromatic carbocycles. The molecule has 0 amide bonds. The fraction of sp³-hybridized carbons (Fsp3) is 1.00. The summed E-state index contributed by atoms with van der Waals surface area (Å²) in [5.41, 5.74) is -3.10. The van der Waals surface area contributed by atoms with Crippen molar-refractivity contribution in [1.82, 2.24) is 0 Å². The van der Waals surface area contributed by atoms with Crippen LogP contribution < -0.4 is 0 Å². The van der Waals surface area contributed by atoms with E-state index in [0.29, 0.717) is 0 Å². The van der Waals surface area contributed by atoms with Crippen molar-refractivity contribution in [2.75, 3.05) is 0 Å². The minimum absolute atomic E-state index is 0. The first kappa shape index (κ1) is 54.1. The van der Waals surface area contributed by atoms with Gasteiger partial charge in [0.25, 0.3) is 0 Å². The summed E-state index contributed by atoms with van der Waals surface area (Å²) in [6.07, 6.45) is 11.8. The molecular weight excluding hydrogens is 696 g/mol. The molecule has 10 nitrogen and oxygen atoms in total. The van der Waals surface area contributed by atoms with Crippen LogP contribution >= 0.6 is 0 Å². The maximum absolute atomic E-state index is 10.5. The Morgan fingerprint density at radius 2 is 0.490 bits per heavy atom. The fourth-order valence-electron chi connectivity index (χ4n) is 4.61. The van der Waals surface area contributed by atoms with Crippen LogP contribution in [0.15, 0.2) is 0 Å². The molecule has 0 bridgehead atoms. The van der Waals surface area contributed by atoms with Crippen LogP contribution in [0.25, 0.3) is 0 Å². The first-order valence-corrected chi connectivity index (χ1v) is 21.4. The van der Waals surface area contributed by atoms with Crippen LogP contribution in [0.3, 0.4) is 0 Å². The van der Waals surface area contributed by atoms with Crippen LogP contribution in [-0.4, -0.2) is 83.7 Å². The zero-order valence-corrected chi connectivity index (χ0v) is 38.5. The number of aliphatic hydroxyl groups is 2. The first-order valence-electron chi connectivity index (χ1n) is 18.0. The third-order valence-corrected chi connectivity index (χ3v) is 11.0. The Balaban J connectivity index is -0.000000613. The van der Waals surface area contributed by atoms with Gasteiger partial charge in [-0.2, -0.15) is 0 Å². The molecule has 0 aromatic heterocycles. The van der Waals surface area contributed by atoms with E-state index in [1.54, 1.807) is 0 Å². The van der Waals surface area contributed by atoms with Crippen molar-refractivity contribution in [3.8, 4) is 0 Å². The molecule has 296 valence electrons. The molecule has 0 aliphatic heterocycles. The molecule has 0 aromatic rings. The zero-order chi connectivity index (χ0) is 38.5. The molecule has 0 atom stereocenters. The predicted octanol–water partition coefficient (Wildman–Crippen LogP) is 8.34. The van der Waals surface area contributed by atoms with Crippen LogP contribution in [0.2, 0.25) is 0 Å². The number of aliphatic hydroxyl groups excluding tert-OH is 2. The van der Waals surface area contributed by atoms with Crippen LogP contribution in [0.1, 0.15) is 189 Å². The summed E-state index contributed by atoms with van der Waals surface area (Å²) in [4.78, 5) is 21.0. The average Bonchev–Trinajstić information content (AvgIpc) is 2.72. The Labute approximate surface area is 319 Å². The largest absolute Gasteiger partial charge is 0.678 e. The van der Waals surface area contributed by atoms with Gasteiger partial charge < -0.3 is 46.4 Å². The van der Waals surface area contributed by atoms with E-state index in [1.165, 1.54) is 38.5 Å². The number of rotatable bonds is 6. The molecule has 2 saturated carbocycles. The quantitative estimate of drug-likeness (QED) is 0.195. The van der Waals surface area contributed by atoms with Crippen molar-refractivity contribution in [2.24, 2.45) is 0 Å². The zero-order valence-electron chi connectivity index (χ0n) is 35.0. The van der Waals surface area contributed by atoms with Crippen LogP contribution in [0, 0.1) is 0 Å². The van der Waals surface area contributed by atoms with E-state index >= 15 is 0 Å². The molecule has 2 aliphatic rings. The maximum Gasteiger partial charge on any atom is 0.678 e. The Morgan fingerprint density at radius 3 is 0.571 bits per heavy atom. The van der Waals surface area contributed by atoms with E-state index in [2.05, 4.69) is 0 Å². The van der Waals surface area contributed by atoms with Gasteiger partial charge in [-0.05, 0) is 150 Å². The summed E-state index contributed by atoms with van der Waals surface area (Å²) in [5, 5.41) is 17.8. The topological polar surface area (TPSA) is 136 Å². The van der Waals surface area contributed by atoms with E-state index in [4.69, 9.17) is 36.8 Å². The summed E-state index contributed by atoms with van der Waals surface area (Å²) >= 11 is 0. The molecule has 4 N–H and O–H groups in total.